The van der Waals surface area contributed by atoms with E-state index in [0.717, 1.165) is 16.5 Å². The Balaban J connectivity index is 2.58. The maximum Gasteiger partial charge on any atom is 0.0500 e. The SMILES string of the molecule is CCSCc1cc2c(Cl)cccc2n1C(C)C. The summed E-state index contributed by atoms with van der Waals surface area (Å²) < 4.78 is 2.39. The van der Waals surface area contributed by atoms with E-state index < -0.39 is 0 Å². The molecule has 0 amide bonds. The zero-order valence-corrected chi connectivity index (χ0v) is 12.1. The van der Waals surface area contributed by atoms with Gasteiger partial charge in [-0.2, -0.15) is 11.8 Å². The highest BCUT2D eigenvalue weighted by Crippen LogP contribution is 2.31. The molecule has 92 valence electrons. The van der Waals surface area contributed by atoms with E-state index in [9.17, 15) is 0 Å². The van der Waals surface area contributed by atoms with Crippen LogP contribution in [-0.4, -0.2) is 10.3 Å². The third-order valence-electron chi connectivity index (χ3n) is 2.88. The fourth-order valence-electron chi connectivity index (χ4n) is 2.20. The standard InChI is InChI=1S/C14H18ClNS/c1-4-17-9-11-8-12-13(15)6-5-7-14(12)16(11)10(2)3/h5-8,10H,4,9H2,1-3H3. The minimum atomic E-state index is 0.471. The Labute approximate surface area is 112 Å². The average molecular weight is 268 g/mol. The number of thioether (sulfide) groups is 1. The fourth-order valence-corrected chi connectivity index (χ4v) is 3.06. The molecule has 1 aromatic heterocycles. The summed E-state index contributed by atoms with van der Waals surface area (Å²) in [7, 11) is 0. The Morgan fingerprint density at radius 2 is 2.12 bits per heavy atom. The second kappa shape index (κ2) is 5.36. The molecule has 3 heteroatoms. The van der Waals surface area contributed by atoms with Gasteiger partial charge >= 0.3 is 0 Å². The summed E-state index contributed by atoms with van der Waals surface area (Å²) in [5.74, 6) is 2.20. The summed E-state index contributed by atoms with van der Waals surface area (Å²) in [5, 5.41) is 2.03. The molecule has 0 bridgehead atoms. The molecule has 1 nitrogen and oxygen atoms in total. The highest BCUT2D eigenvalue weighted by Gasteiger charge is 2.12. The predicted molar refractivity (Wildman–Crippen MR) is 79.2 cm³/mol. The van der Waals surface area contributed by atoms with Gasteiger partial charge in [0.15, 0.2) is 0 Å². The lowest BCUT2D eigenvalue weighted by molar-refractivity contribution is 0.606. The number of nitrogens with zero attached hydrogens (tertiary/aromatic N) is 1. The van der Waals surface area contributed by atoms with E-state index in [1.54, 1.807) is 0 Å². The number of rotatable bonds is 4. The van der Waals surface area contributed by atoms with Gasteiger partial charge in [-0.1, -0.05) is 24.6 Å². The van der Waals surface area contributed by atoms with Gasteiger partial charge in [-0.15, -0.1) is 0 Å². The van der Waals surface area contributed by atoms with Crippen LogP contribution in [0.1, 0.15) is 32.5 Å². The van der Waals surface area contributed by atoms with Crippen molar-refractivity contribution in [1.82, 2.24) is 4.57 Å². The Morgan fingerprint density at radius 1 is 1.35 bits per heavy atom. The number of fused-ring (bicyclic) bond motifs is 1. The van der Waals surface area contributed by atoms with Crippen molar-refractivity contribution in [2.24, 2.45) is 0 Å². The summed E-state index contributed by atoms with van der Waals surface area (Å²) in [6.45, 7) is 6.64. The van der Waals surface area contributed by atoms with E-state index >= 15 is 0 Å². The molecule has 17 heavy (non-hydrogen) atoms. The first-order valence-electron chi connectivity index (χ1n) is 6.01. The van der Waals surface area contributed by atoms with Crippen molar-refractivity contribution in [3.63, 3.8) is 0 Å². The molecule has 0 unspecified atom stereocenters. The van der Waals surface area contributed by atoms with E-state index in [0.29, 0.717) is 6.04 Å². The molecule has 0 radical (unpaired) electrons. The van der Waals surface area contributed by atoms with Gasteiger partial charge in [0, 0.05) is 33.4 Å². The first-order chi connectivity index (χ1) is 8.15. The quantitative estimate of drug-likeness (QED) is 0.744. The highest BCUT2D eigenvalue weighted by molar-refractivity contribution is 7.98. The smallest absolute Gasteiger partial charge is 0.0500 e. The number of hydrogen-bond donors (Lipinski definition) is 0. The third-order valence-corrected chi connectivity index (χ3v) is 4.12. The van der Waals surface area contributed by atoms with Gasteiger partial charge in [-0.05, 0) is 37.8 Å². The fraction of sp³-hybridized carbons (Fsp3) is 0.429. The van der Waals surface area contributed by atoms with Crippen molar-refractivity contribution in [2.75, 3.05) is 5.75 Å². The summed E-state index contributed by atoms with van der Waals surface area (Å²) in [6, 6.07) is 8.85. The molecule has 0 aliphatic carbocycles. The van der Waals surface area contributed by atoms with Crippen molar-refractivity contribution in [3.05, 3.63) is 35.0 Å². The molecule has 0 aliphatic rings. The van der Waals surface area contributed by atoms with Crippen LogP contribution in [0.2, 0.25) is 5.02 Å². The number of aromatic nitrogens is 1. The monoisotopic (exact) mass is 267 g/mol. The van der Waals surface area contributed by atoms with E-state index in [2.05, 4.69) is 37.5 Å². The molecule has 0 saturated carbocycles. The van der Waals surface area contributed by atoms with Gasteiger partial charge in [0.05, 0.1) is 0 Å². The van der Waals surface area contributed by atoms with E-state index in [4.69, 9.17) is 11.6 Å². The lowest BCUT2D eigenvalue weighted by Gasteiger charge is -2.14. The van der Waals surface area contributed by atoms with Crippen molar-refractivity contribution >= 4 is 34.3 Å². The number of halogens is 1. The van der Waals surface area contributed by atoms with Crippen molar-refractivity contribution < 1.29 is 0 Å². The highest BCUT2D eigenvalue weighted by atomic mass is 35.5. The summed E-state index contributed by atoms with van der Waals surface area (Å²) in [6.07, 6.45) is 0. The maximum absolute atomic E-state index is 6.26. The molecule has 2 rings (SSSR count). The number of hydrogen-bond acceptors (Lipinski definition) is 1. The third kappa shape index (κ3) is 2.48. The van der Waals surface area contributed by atoms with Crippen LogP contribution < -0.4 is 0 Å². The molecule has 2 aromatic rings. The first-order valence-corrected chi connectivity index (χ1v) is 7.54. The molecule has 0 aliphatic heterocycles. The minimum Gasteiger partial charge on any atom is -0.341 e. The van der Waals surface area contributed by atoms with E-state index in [-0.39, 0.29) is 0 Å². The Kier molecular flexibility index (Phi) is 4.05. The number of benzene rings is 1. The van der Waals surface area contributed by atoms with Gasteiger partial charge < -0.3 is 4.57 Å². The average Bonchev–Trinajstić information content (AvgIpc) is 2.66. The lowest BCUT2D eigenvalue weighted by Crippen LogP contribution is -2.04. The van der Waals surface area contributed by atoms with E-state index in [1.807, 2.05) is 23.9 Å². The lowest BCUT2D eigenvalue weighted by atomic mass is 10.2. The second-order valence-corrected chi connectivity index (χ2v) is 6.09. The summed E-state index contributed by atoms with van der Waals surface area (Å²) in [4.78, 5) is 0. The molecule has 0 N–H and O–H groups in total. The van der Waals surface area contributed by atoms with Crippen molar-refractivity contribution in [2.45, 2.75) is 32.6 Å². The van der Waals surface area contributed by atoms with Crippen LogP contribution in [0.15, 0.2) is 24.3 Å². The predicted octanol–water partition coefficient (Wildman–Crippen LogP) is 5.13. The van der Waals surface area contributed by atoms with Crippen LogP contribution in [0.4, 0.5) is 0 Å². The van der Waals surface area contributed by atoms with Crippen LogP contribution in [0.5, 0.6) is 0 Å². The summed E-state index contributed by atoms with van der Waals surface area (Å²) >= 11 is 8.21. The molecular formula is C14H18ClNS. The second-order valence-electron chi connectivity index (χ2n) is 4.41. The molecule has 1 aromatic carbocycles. The maximum atomic E-state index is 6.26. The molecular weight excluding hydrogens is 250 g/mol. The minimum absolute atomic E-state index is 0.471. The van der Waals surface area contributed by atoms with Gasteiger partial charge in [-0.25, -0.2) is 0 Å². The van der Waals surface area contributed by atoms with Crippen molar-refractivity contribution in [3.8, 4) is 0 Å². The Bertz CT molecular complexity index is 516. The first kappa shape index (κ1) is 12.8. The molecule has 1 heterocycles. The molecule has 0 saturated heterocycles. The van der Waals surface area contributed by atoms with Gasteiger partial charge in [0.2, 0.25) is 0 Å². The largest absolute Gasteiger partial charge is 0.341 e. The van der Waals surface area contributed by atoms with Gasteiger partial charge in [0.1, 0.15) is 0 Å². The topological polar surface area (TPSA) is 4.93 Å². The van der Waals surface area contributed by atoms with Gasteiger partial charge in [0.25, 0.3) is 0 Å². The van der Waals surface area contributed by atoms with E-state index in [1.165, 1.54) is 16.6 Å². The van der Waals surface area contributed by atoms with Crippen LogP contribution in [0, 0.1) is 0 Å². The van der Waals surface area contributed by atoms with Crippen LogP contribution >= 0.6 is 23.4 Å². The summed E-state index contributed by atoms with van der Waals surface area (Å²) in [5.41, 5.74) is 2.62. The van der Waals surface area contributed by atoms with Crippen molar-refractivity contribution in [1.29, 1.82) is 0 Å². The zero-order valence-electron chi connectivity index (χ0n) is 10.5. The van der Waals surface area contributed by atoms with Gasteiger partial charge in [-0.3, -0.25) is 0 Å². The van der Waals surface area contributed by atoms with Crippen LogP contribution in [-0.2, 0) is 5.75 Å². The zero-order chi connectivity index (χ0) is 12.4. The van der Waals surface area contributed by atoms with Crippen LogP contribution in [0.3, 0.4) is 0 Å². The normalized spacial score (nSPS) is 11.6. The molecule has 0 atom stereocenters. The van der Waals surface area contributed by atoms with Crippen LogP contribution in [0.25, 0.3) is 10.9 Å². The molecule has 0 fully saturated rings. The Morgan fingerprint density at radius 3 is 2.76 bits per heavy atom. The Hall–Kier alpha value is -0.600. The molecule has 0 spiro atoms.